The van der Waals surface area contributed by atoms with Gasteiger partial charge in [0.2, 0.25) is 0 Å². The van der Waals surface area contributed by atoms with Gasteiger partial charge in [-0.1, -0.05) is 0 Å². The van der Waals surface area contributed by atoms with Gasteiger partial charge in [-0.25, -0.2) is 4.79 Å². The van der Waals surface area contributed by atoms with E-state index < -0.39 is 6.10 Å². The Morgan fingerprint density at radius 2 is 2.25 bits per heavy atom. The molecule has 0 bridgehead atoms. The third kappa shape index (κ3) is 1.11. The van der Waals surface area contributed by atoms with Crippen LogP contribution in [0.2, 0.25) is 0 Å². The fraction of sp³-hybridized carbons (Fsp3) is 0.875. The first-order valence-electron chi connectivity index (χ1n) is 4.12. The van der Waals surface area contributed by atoms with Crippen LogP contribution in [0.15, 0.2) is 0 Å². The number of ether oxygens (including phenoxy) is 3. The van der Waals surface area contributed by atoms with Crippen LogP contribution in [0.3, 0.4) is 0 Å². The van der Waals surface area contributed by atoms with Gasteiger partial charge in [0, 0.05) is 0 Å². The predicted octanol–water partition coefficient (Wildman–Crippen LogP) is 0.107. The molecule has 12 heavy (non-hydrogen) atoms. The van der Waals surface area contributed by atoms with Crippen molar-refractivity contribution >= 4 is 5.97 Å². The van der Waals surface area contributed by atoms with Crippen LogP contribution in [-0.4, -0.2) is 38.0 Å². The summed E-state index contributed by atoms with van der Waals surface area (Å²) in [6.45, 7) is 1.08. The molecular formula is C8H12O4. The second-order valence-electron chi connectivity index (χ2n) is 3.19. The van der Waals surface area contributed by atoms with E-state index in [1.807, 2.05) is 0 Å². The zero-order chi connectivity index (χ0) is 8.60. The second kappa shape index (κ2) is 2.71. The first-order chi connectivity index (χ1) is 5.78. The average Bonchev–Trinajstić information content (AvgIpc) is 2.85. The quantitative estimate of drug-likeness (QED) is 0.526. The summed E-state index contributed by atoms with van der Waals surface area (Å²) in [5, 5.41) is 0. The van der Waals surface area contributed by atoms with E-state index in [1.165, 1.54) is 7.11 Å². The molecule has 1 aliphatic carbocycles. The van der Waals surface area contributed by atoms with Crippen LogP contribution in [0.1, 0.15) is 12.8 Å². The van der Waals surface area contributed by atoms with E-state index in [0.29, 0.717) is 13.2 Å². The number of carbonyl (C=O) groups is 1. The number of methoxy groups -OCH3 is 1. The molecular weight excluding hydrogens is 160 g/mol. The maximum absolute atomic E-state index is 11.2. The van der Waals surface area contributed by atoms with E-state index in [1.54, 1.807) is 0 Å². The molecule has 0 radical (unpaired) electrons. The van der Waals surface area contributed by atoms with Crippen molar-refractivity contribution in [1.29, 1.82) is 0 Å². The van der Waals surface area contributed by atoms with Gasteiger partial charge in [-0.2, -0.15) is 0 Å². The standard InChI is InChI=1S/C8H12O4/c1-10-7(9)6-8(2-3-8)12-5-4-11-6/h6H,2-5H2,1H3. The Kier molecular flexibility index (Phi) is 1.81. The monoisotopic (exact) mass is 172 g/mol. The molecule has 0 aromatic carbocycles. The molecule has 2 fully saturated rings. The van der Waals surface area contributed by atoms with Gasteiger partial charge < -0.3 is 14.2 Å². The van der Waals surface area contributed by atoms with Crippen molar-refractivity contribution in [2.75, 3.05) is 20.3 Å². The Morgan fingerprint density at radius 3 is 2.83 bits per heavy atom. The van der Waals surface area contributed by atoms with E-state index in [0.717, 1.165) is 12.8 Å². The summed E-state index contributed by atoms with van der Waals surface area (Å²) in [7, 11) is 1.37. The summed E-state index contributed by atoms with van der Waals surface area (Å²) in [6, 6.07) is 0. The van der Waals surface area contributed by atoms with Gasteiger partial charge >= 0.3 is 5.97 Å². The highest BCUT2D eigenvalue weighted by Gasteiger charge is 2.57. The highest BCUT2D eigenvalue weighted by Crippen LogP contribution is 2.45. The summed E-state index contributed by atoms with van der Waals surface area (Å²) in [6.07, 6.45) is 1.33. The van der Waals surface area contributed by atoms with Crippen molar-refractivity contribution in [3.05, 3.63) is 0 Å². The SMILES string of the molecule is COC(=O)C1OCCOC12CC2. The Hall–Kier alpha value is -0.610. The van der Waals surface area contributed by atoms with Crippen LogP contribution in [0, 0.1) is 0 Å². The number of esters is 1. The lowest BCUT2D eigenvalue weighted by molar-refractivity contribution is -0.189. The molecule has 4 nitrogen and oxygen atoms in total. The molecule has 4 heteroatoms. The molecule has 68 valence electrons. The number of hydrogen-bond acceptors (Lipinski definition) is 4. The summed E-state index contributed by atoms with van der Waals surface area (Å²) >= 11 is 0. The van der Waals surface area contributed by atoms with Crippen molar-refractivity contribution in [1.82, 2.24) is 0 Å². The van der Waals surface area contributed by atoms with Crippen molar-refractivity contribution in [3.63, 3.8) is 0 Å². The zero-order valence-electron chi connectivity index (χ0n) is 7.04. The topological polar surface area (TPSA) is 44.8 Å². The Bertz CT molecular complexity index is 197. The number of hydrogen-bond donors (Lipinski definition) is 0. The molecule has 0 N–H and O–H groups in total. The zero-order valence-corrected chi connectivity index (χ0v) is 7.04. The fourth-order valence-corrected chi connectivity index (χ4v) is 1.56. The van der Waals surface area contributed by atoms with Crippen LogP contribution in [0.5, 0.6) is 0 Å². The Morgan fingerprint density at radius 1 is 1.50 bits per heavy atom. The number of rotatable bonds is 1. The minimum absolute atomic E-state index is 0.313. The predicted molar refractivity (Wildman–Crippen MR) is 39.7 cm³/mol. The molecule has 2 rings (SSSR count). The third-order valence-electron chi connectivity index (χ3n) is 2.39. The molecule has 1 heterocycles. The third-order valence-corrected chi connectivity index (χ3v) is 2.39. The molecule has 1 aliphatic heterocycles. The largest absolute Gasteiger partial charge is 0.467 e. The van der Waals surface area contributed by atoms with Gasteiger partial charge in [-0.15, -0.1) is 0 Å². The van der Waals surface area contributed by atoms with Crippen LogP contribution in [0.4, 0.5) is 0 Å². The van der Waals surface area contributed by atoms with Gasteiger partial charge in [-0.3, -0.25) is 0 Å². The lowest BCUT2D eigenvalue weighted by Gasteiger charge is -2.29. The normalized spacial score (nSPS) is 31.6. The maximum atomic E-state index is 11.2. The van der Waals surface area contributed by atoms with Gasteiger partial charge in [0.25, 0.3) is 0 Å². The first-order valence-corrected chi connectivity index (χ1v) is 4.12. The molecule has 1 unspecified atom stereocenters. The van der Waals surface area contributed by atoms with Gasteiger partial charge in [0.1, 0.15) is 5.60 Å². The van der Waals surface area contributed by atoms with E-state index in [9.17, 15) is 4.79 Å². The summed E-state index contributed by atoms with van der Waals surface area (Å²) in [5.41, 5.74) is -0.328. The van der Waals surface area contributed by atoms with E-state index in [4.69, 9.17) is 9.47 Å². The van der Waals surface area contributed by atoms with Gasteiger partial charge in [0.05, 0.1) is 20.3 Å². The van der Waals surface area contributed by atoms with Gasteiger partial charge in [0.15, 0.2) is 6.10 Å². The fourth-order valence-electron chi connectivity index (χ4n) is 1.56. The molecule has 1 saturated carbocycles. The molecule has 1 saturated heterocycles. The smallest absolute Gasteiger partial charge is 0.338 e. The molecule has 0 amide bonds. The van der Waals surface area contributed by atoms with E-state index in [-0.39, 0.29) is 11.6 Å². The van der Waals surface area contributed by atoms with Crippen molar-refractivity contribution in [2.45, 2.75) is 24.5 Å². The highest BCUT2D eigenvalue weighted by molar-refractivity contribution is 5.77. The lowest BCUT2D eigenvalue weighted by Crippen LogP contribution is -2.46. The van der Waals surface area contributed by atoms with E-state index in [2.05, 4.69) is 4.74 Å². The minimum atomic E-state index is -0.490. The average molecular weight is 172 g/mol. The first kappa shape index (κ1) is 8.01. The van der Waals surface area contributed by atoms with Crippen molar-refractivity contribution < 1.29 is 19.0 Å². The second-order valence-corrected chi connectivity index (χ2v) is 3.19. The van der Waals surface area contributed by atoms with Crippen LogP contribution in [-0.2, 0) is 19.0 Å². The molecule has 2 aliphatic rings. The molecule has 0 aromatic heterocycles. The van der Waals surface area contributed by atoms with E-state index >= 15 is 0 Å². The van der Waals surface area contributed by atoms with Crippen molar-refractivity contribution in [3.8, 4) is 0 Å². The van der Waals surface area contributed by atoms with Crippen LogP contribution < -0.4 is 0 Å². The summed E-state index contributed by atoms with van der Waals surface area (Å²) in [5.74, 6) is -0.313. The molecule has 0 aromatic rings. The van der Waals surface area contributed by atoms with Gasteiger partial charge in [-0.05, 0) is 12.8 Å². The van der Waals surface area contributed by atoms with Crippen LogP contribution >= 0.6 is 0 Å². The Balaban J connectivity index is 2.06. The molecule has 1 spiro atoms. The summed E-state index contributed by atoms with van der Waals surface area (Å²) in [4.78, 5) is 11.2. The van der Waals surface area contributed by atoms with Crippen molar-refractivity contribution in [2.24, 2.45) is 0 Å². The lowest BCUT2D eigenvalue weighted by atomic mass is 10.1. The summed E-state index contributed by atoms with van der Waals surface area (Å²) < 4.78 is 15.4. The molecule has 1 atom stereocenters. The van der Waals surface area contributed by atoms with Crippen LogP contribution in [0.25, 0.3) is 0 Å². The minimum Gasteiger partial charge on any atom is -0.467 e. The maximum Gasteiger partial charge on any atom is 0.338 e. The highest BCUT2D eigenvalue weighted by atomic mass is 16.6. The number of carbonyl (C=O) groups excluding carboxylic acids is 1. The Labute approximate surface area is 70.8 Å².